The Morgan fingerprint density at radius 1 is 1.41 bits per heavy atom. The van der Waals surface area contributed by atoms with Crippen LogP contribution in [0.1, 0.15) is 18.9 Å². The van der Waals surface area contributed by atoms with Crippen molar-refractivity contribution < 1.29 is 4.74 Å². The molecule has 17 heavy (non-hydrogen) atoms. The van der Waals surface area contributed by atoms with E-state index in [-0.39, 0.29) is 6.10 Å². The van der Waals surface area contributed by atoms with Gasteiger partial charge in [-0.3, -0.25) is 5.10 Å². The normalized spacial score (nSPS) is 12.4. The van der Waals surface area contributed by atoms with Crippen LogP contribution in [0.25, 0.3) is 0 Å². The molecule has 0 fully saturated rings. The first-order chi connectivity index (χ1) is 8.08. The third kappa shape index (κ3) is 2.76. The molecule has 0 amide bonds. The lowest BCUT2D eigenvalue weighted by Gasteiger charge is -2.13. The van der Waals surface area contributed by atoms with Crippen molar-refractivity contribution in [2.75, 3.05) is 0 Å². The first-order valence-corrected chi connectivity index (χ1v) is 6.31. The number of ether oxygens (including phenoxy) is 1. The average molecular weight is 314 g/mol. The monoisotopic (exact) mass is 313 g/mol. The van der Waals surface area contributed by atoms with Crippen molar-refractivity contribution >= 4 is 28.1 Å². The molecule has 0 bridgehead atoms. The zero-order valence-electron chi connectivity index (χ0n) is 9.48. The van der Waals surface area contributed by atoms with E-state index in [4.69, 9.17) is 17.0 Å². The summed E-state index contributed by atoms with van der Waals surface area (Å²) in [4.78, 5) is 0. The standard InChI is InChI=1S/C11H12BrN3OS/c1-7(10-13-14-11(17)15(10)2)16-9-5-3-8(12)4-6-9/h3-7H,1-2H3,(H,14,17)/t7-/m1/s1. The molecule has 0 spiro atoms. The SMILES string of the molecule is C[C@@H](Oc1ccc(Br)cc1)c1n[nH]c(=S)n1C. The fourth-order valence-corrected chi connectivity index (χ4v) is 1.90. The van der Waals surface area contributed by atoms with Gasteiger partial charge in [-0.1, -0.05) is 15.9 Å². The summed E-state index contributed by atoms with van der Waals surface area (Å²) in [7, 11) is 1.86. The van der Waals surface area contributed by atoms with E-state index < -0.39 is 0 Å². The van der Waals surface area contributed by atoms with Gasteiger partial charge in [0.2, 0.25) is 0 Å². The van der Waals surface area contributed by atoms with Gasteiger partial charge in [0, 0.05) is 11.5 Å². The van der Waals surface area contributed by atoms with Crippen molar-refractivity contribution in [2.24, 2.45) is 7.05 Å². The van der Waals surface area contributed by atoms with E-state index in [1.165, 1.54) is 0 Å². The highest BCUT2D eigenvalue weighted by Gasteiger charge is 2.13. The highest BCUT2D eigenvalue weighted by atomic mass is 79.9. The first-order valence-electron chi connectivity index (χ1n) is 5.11. The minimum absolute atomic E-state index is 0.158. The Kier molecular flexibility index (Phi) is 3.63. The van der Waals surface area contributed by atoms with Gasteiger partial charge in [-0.2, -0.15) is 5.10 Å². The summed E-state index contributed by atoms with van der Waals surface area (Å²) < 4.78 is 9.20. The molecule has 1 heterocycles. The highest BCUT2D eigenvalue weighted by Crippen LogP contribution is 2.22. The molecule has 0 aliphatic carbocycles. The molecule has 6 heteroatoms. The van der Waals surface area contributed by atoms with Gasteiger partial charge >= 0.3 is 0 Å². The molecule has 90 valence electrons. The number of hydrogen-bond acceptors (Lipinski definition) is 3. The molecule has 4 nitrogen and oxygen atoms in total. The van der Waals surface area contributed by atoms with Gasteiger partial charge in [-0.05, 0) is 43.4 Å². The molecule has 0 aliphatic rings. The number of nitrogens with zero attached hydrogens (tertiary/aromatic N) is 2. The Hall–Kier alpha value is -1.14. The lowest BCUT2D eigenvalue weighted by atomic mass is 10.3. The van der Waals surface area contributed by atoms with E-state index >= 15 is 0 Å². The van der Waals surface area contributed by atoms with Crippen LogP contribution < -0.4 is 4.74 Å². The van der Waals surface area contributed by atoms with Crippen LogP contribution in [-0.4, -0.2) is 14.8 Å². The minimum atomic E-state index is -0.158. The van der Waals surface area contributed by atoms with Crippen LogP contribution in [-0.2, 0) is 7.05 Å². The molecule has 1 aromatic carbocycles. The number of aromatic nitrogens is 3. The van der Waals surface area contributed by atoms with Crippen LogP contribution in [0.2, 0.25) is 0 Å². The topological polar surface area (TPSA) is 42.8 Å². The molecular formula is C11H12BrN3OS. The van der Waals surface area contributed by atoms with E-state index in [0.29, 0.717) is 4.77 Å². The van der Waals surface area contributed by atoms with E-state index in [1.807, 2.05) is 38.2 Å². The highest BCUT2D eigenvalue weighted by molar-refractivity contribution is 9.10. The summed E-state index contributed by atoms with van der Waals surface area (Å²) >= 11 is 8.44. The number of H-pyrrole nitrogens is 1. The molecule has 0 aliphatic heterocycles. The Labute approximate surface area is 113 Å². The molecule has 0 radical (unpaired) electrons. The average Bonchev–Trinajstić information content (AvgIpc) is 2.63. The smallest absolute Gasteiger partial charge is 0.195 e. The van der Waals surface area contributed by atoms with Gasteiger partial charge in [-0.25, -0.2) is 0 Å². The molecule has 1 atom stereocenters. The Balaban J connectivity index is 2.17. The predicted molar refractivity (Wildman–Crippen MR) is 71.6 cm³/mol. The number of hydrogen-bond donors (Lipinski definition) is 1. The maximum Gasteiger partial charge on any atom is 0.195 e. The van der Waals surface area contributed by atoms with Crippen molar-refractivity contribution in [1.29, 1.82) is 0 Å². The second-order valence-electron chi connectivity index (χ2n) is 3.66. The summed E-state index contributed by atoms with van der Waals surface area (Å²) in [5.41, 5.74) is 0. The Morgan fingerprint density at radius 2 is 2.06 bits per heavy atom. The zero-order chi connectivity index (χ0) is 12.4. The molecule has 2 rings (SSSR count). The second kappa shape index (κ2) is 5.01. The van der Waals surface area contributed by atoms with E-state index in [1.54, 1.807) is 4.57 Å². The van der Waals surface area contributed by atoms with Crippen LogP contribution in [0, 0.1) is 4.77 Å². The Bertz CT molecular complexity index is 561. The quantitative estimate of drug-likeness (QED) is 0.883. The summed E-state index contributed by atoms with van der Waals surface area (Å²) in [5, 5.41) is 6.88. The van der Waals surface area contributed by atoms with E-state index in [2.05, 4.69) is 26.1 Å². The summed E-state index contributed by atoms with van der Waals surface area (Å²) in [6, 6.07) is 7.68. The van der Waals surface area contributed by atoms with Crippen LogP contribution in [0.15, 0.2) is 28.7 Å². The van der Waals surface area contributed by atoms with Gasteiger partial charge in [0.25, 0.3) is 0 Å². The Morgan fingerprint density at radius 3 is 2.59 bits per heavy atom. The molecule has 1 N–H and O–H groups in total. The maximum absolute atomic E-state index is 5.78. The lowest BCUT2D eigenvalue weighted by Crippen LogP contribution is -2.09. The van der Waals surface area contributed by atoms with Crippen LogP contribution in [0.4, 0.5) is 0 Å². The number of aromatic amines is 1. The van der Waals surface area contributed by atoms with Crippen molar-refractivity contribution in [3.05, 3.63) is 39.3 Å². The third-order valence-electron chi connectivity index (χ3n) is 2.40. The van der Waals surface area contributed by atoms with Crippen LogP contribution in [0.3, 0.4) is 0 Å². The fourth-order valence-electron chi connectivity index (χ4n) is 1.49. The summed E-state index contributed by atoms with van der Waals surface area (Å²) in [5.74, 6) is 1.58. The lowest BCUT2D eigenvalue weighted by molar-refractivity contribution is 0.212. The van der Waals surface area contributed by atoms with Crippen molar-refractivity contribution in [3.63, 3.8) is 0 Å². The largest absolute Gasteiger partial charge is 0.483 e. The van der Waals surface area contributed by atoms with Gasteiger partial charge in [0.05, 0.1) is 0 Å². The predicted octanol–water partition coefficient (Wildman–Crippen LogP) is 3.38. The van der Waals surface area contributed by atoms with Crippen LogP contribution >= 0.6 is 28.1 Å². The molecular weight excluding hydrogens is 302 g/mol. The first kappa shape index (κ1) is 12.3. The molecule has 0 unspecified atom stereocenters. The van der Waals surface area contributed by atoms with Crippen molar-refractivity contribution in [2.45, 2.75) is 13.0 Å². The van der Waals surface area contributed by atoms with Crippen LogP contribution in [0.5, 0.6) is 5.75 Å². The van der Waals surface area contributed by atoms with Gasteiger partial charge in [0.15, 0.2) is 16.7 Å². The number of benzene rings is 1. The molecule has 2 aromatic rings. The minimum Gasteiger partial charge on any atom is -0.483 e. The van der Waals surface area contributed by atoms with Gasteiger partial charge < -0.3 is 9.30 Å². The molecule has 0 saturated heterocycles. The van der Waals surface area contributed by atoms with Gasteiger partial charge in [0.1, 0.15) is 5.75 Å². The maximum atomic E-state index is 5.78. The van der Waals surface area contributed by atoms with Crippen molar-refractivity contribution in [1.82, 2.24) is 14.8 Å². The zero-order valence-corrected chi connectivity index (χ0v) is 11.9. The summed E-state index contributed by atoms with van der Waals surface area (Å²) in [6.45, 7) is 1.94. The van der Waals surface area contributed by atoms with Gasteiger partial charge in [-0.15, -0.1) is 0 Å². The van der Waals surface area contributed by atoms with Crippen molar-refractivity contribution in [3.8, 4) is 5.75 Å². The molecule has 0 saturated carbocycles. The van der Waals surface area contributed by atoms with E-state index in [0.717, 1.165) is 16.0 Å². The summed E-state index contributed by atoms with van der Waals surface area (Å²) in [6.07, 6.45) is -0.158. The number of halogens is 1. The second-order valence-corrected chi connectivity index (χ2v) is 4.96. The number of rotatable bonds is 3. The number of nitrogens with one attached hydrogen (secondary N) is 1. The fraction of sp³-hybridized carbons (Fsp3) is 0.273. The third-order valence-corrected chi connectivity index (χ3v) is 3.30. The molecule has 1 aromatic heterocycles. The van der Waals surface area contributed by atoms with E-state index in [9.17, 15) is 0 Å².